The van der Waals surface area contributed by atoms with Gasteiger partial charge in [0.15, 0.2) is 0 Å². The average Bonchev–Trinajstić information content (AvgIpc) is 2.82. The molecule has 1 unspecified atom stereocenters. The van der Waals surface area contributed by atoms with E-state index in [4.69, 9.17) is 14.2 Å². The van der Waals surface area contributed by atoms with Crippen LogP contribution in [-0.4, -0.2) is 58.2 Å². The largest absolute Gasteiger partial charge is 0.481 e. The zero-order chi connectivity index (χ0) is 26.9. The fourth-order valence-electron chi connectivity index (χ4n) is 4.00. The summed E-state index contributed by atoms with van der Waals surface area (Å²) in [6.45, 7) is 8.59. The Kier molecular flexibility index (Phi) is 10.9. The zero-order valence-electron chi connectivity index (χ0n) is 22.0. The van der Waals surface area contributed by atoms with Crippen LogP contribution in [0.1, 0.15) is 65.5 Å². The standard InChI is InChI=1S/C28H39NO7/c1-18(23-11-8-12-25(29-23)34-6)9-7-10-19(2)27-20(3)13-14-24(35-21(4)30)28(5,33)16-15-22(31)17-26(32)36-27/h7-14,18,20,22,24,27,31,33H,15-17H2,1-6H3/b9-7+,14-13+,19-10+/t18?,20-,22-,24+,27+,28-/m0/s1. The Morgan fingerprint density at radius 3 is 2.69 bits per heavy atom. The number of aliphatic hydroxyl groups excluding tert-OH is 1. The van der Waals surface area contributed by atoms with Gasteiger partial charge >= 0.3 is 11.9 Å². The fraction of sp³-hybridized carbons (Fsp3) is 0.536. The van der Waals surface area contributed by atoms with Crippen LogP contribution in [0.3, 0.4) is 0 Å². The molecule has 8 heteroatoms. The molecule has 0 spiro atoms. The van der Waals surface area contributed by atoms with Crippen molar-refractivity contribution in [2.75, 3.05) is 7.11 Å². The van der Waals surface area contributed by atoms with Gasteiger partial charge in [-0.05, 0) is 44.4 Å². The number of rotatable bonds is 6. The molecule has 0 radical (unpaired) electrons. The summed E-state index contributed by atoms with van der Waals surface area (Å²) >= 11 is 0. The number of hydrogen-bond acceptors (Lipinski definition) is 8. The maximum absolute atomic E-state index is 12.6. The number of esters is 2. The minimum absolute atomic E-state index is 0.0298. The molecule has 8 nitrogen and oxygen atoms in total. The van der Waals surface area contributed by atoms with E-state index < -0.39 is 35.9 Å². The Labute approximate surface area is 213 Å². The van der Waals surface area contributed by atoms with Crippen LogP contribution in [0.4, 0.5) is 0 Å². The Morgan fingerprint density at radius 2 is 2.03 bits per heavy atom. The van der Waals surface area contributed by atoms with Crippen LogP contribution in [0.15, 0.2) is 54.2 Å². The van der Waals surface area contributed by atoms with Crippen molar-refractivity contribution in [2.45, 2.75) is 83.7 Å². The van der Waals surface area contributed by atoms with Crippen LogP contribution >= 0.6 is 0 Å². The third-order valence-electron chi connectivity index (χ3n) is 6.25. The molecule has 0 aliphatic carbocycles. The van der Waals surface area contributed by atoms with Crippen LogP contribution in [0, 0.1) is 5.92 Å². The Hall–Kier alpha value is -2.97. The van der Waals surface area contributed by atoms with E-state index in [9.17, 15) is 19.8 Å². The molecular formula is C28H39NO7. The molecule has 6 atom stereocenters. The first kappa shape index (κ1) is 29.3. The van der Waals surface area contributed by atoms with Gasteiger partial charge in [-0.1, -0.05) is 44.2 Å². The van der Waals surface area contributed by atoms with E-state index >= 15 is 0 Å². The number of cyclic esters (lactones) is 1. The maximum atomic E-state index is 12.6. The number of aromatic nitrogens is 1. The van der Waals surface area contributed by atoms with Gasteiger partial charge in [-0.2, -0.15) is 0 Å². The molecular weight excluding hydrogens is 462 g/mol. The normalized spacial score (nSPS) is 30.0. The molecule has 2 N–H and O–H groups in total. The molecule has 2 rings (SSSR count). The van der Waals surface area contributed by atoms with E-state index in [1.807, 2.05) is 51.1 Å². The predicted octanol–water partition coefficient (Wildman–Crippen LogP) is 4.03. The number of aliphatic hydroxyl groups is 2. The summed E-state index contributed by atoms with van der Waals surface area (Å²) in [6, 6.07) is 5.61. The summed E-state index contributed by atoms with van der Waals surface area (Å²) < 4.78 is 16.3. The van der Waals surface area contributed by atoms with Gasteiger partial charge in [0.25, 0.3) is 0 Å². The number of carbonyl (C=O) groups is 2. The van der Waals surface area contributed by atoms with Crippen molar-refractivity contribution in [3.63, 3.8) is 0 Å². The number of ether oxygens (including phenoxy) is 3. The molecule has 0 amide bonds. The van der Waals surface area contributed by atoms with Gasteiger partial charge in [0.05, 0.1) is 25.3 Å². The number of allylic oxidation sites excluding steroid dienone is 3. The third-order valence-corrected chi connectivity index (χ3v) is 6.25. The first-order valence-electron chi connectivity index (χ1n) is 12.2. The summed E-state index contributed by atoms with van der Waals surface area (Å²) in [4.78, 5) is 28.7. The van der Waals surface area contributed by atoms with Crippen molar-refractivity contribution in [1.29, 1.82) is 0 Å². The molecule has 2 heterocycles. The lowest BCUT2D eigenvalue weighted by Gasteiger charge is -2.32. The van der Waals surface area contributed by atoms with Crippen molar-refractivity contribution in [2.24, 2.45) is 5.92 Å². The van der Waals surface area contributed by atoms with Gasteiger partial charge < -0.3 is 24.4 Å². The lowest BCUT2D eigenvalue weighted by Crippen LogP contribution is -2.42. The molecule has 0 aromatic carbocycles. The topological polar surface area (TPSA) is 115 Å². The molecule has 1 aromatic heterocycles. The van der Waals surface area contributed by atoms with E-state index in [2.05, 4.69) is 4.98 Å². The smallest absolute Gasteiger partial charge is 0.309 e. The van der Waals surface area contributed by atoms with E-state index in [0.29, 0.717) is 5.88 Å². The monoisotopic (exact) mass is 501 g/mol. The predicted molar refractivity (Wildman–Crippen MR) is 136 cm³/mol. The molecule has 1 aliphatic rings. The minimum atomic E-state index is -1.40. The number of nitrogens with zero attached hydrogens (tertiary/aromatic N) is 1. The van der Waals surface area contributed by atoms with Crippen molar-refractivity contribution >= 4 is 11.9 Å². The molecule has 0 saturated heterocycles. The highest BCUT2D eigenvalue weighted by Crippen LogP contribution is 2.27. The average molecular weight is 502 g/mol. The second-order valence-corrected chi connectivity index (χ2v) is 9.63. The van der Waals surface area contributed by atoms with Crippen molar-refractivity contribution in [3.8, 4) is 5.88 Å². The van der Waals surface area contributed by atoms with E-state index in [1.165, 1.54) is 6.92 Å². The van der Waals surface area contributed by atoms with Crippen LogP contribution in [0.25, 0.3) is 0 Å². The first-order chi connectivity index (χ1) is 16.9. The molecule has 1 aromatic rings. The third kappa shape index (κ3) is 8.91. The fourth-order valence-corrected chi connectivity index (χ4v) is 4.00. The SMILES string of the molecule is COc1cccc(C(C)/C=C/C=C(\C)[C@H]2OC(=O)C[C@@H](O)CC[C@](C)(O)[C@H](OC(C)=O)/C=C/[C@@H]2C)n1. The van der Waals surface area contributed by atoms with Gasteiger partial charge in [-0.15, -0.1) is 0 Å². The van der Waals surface area contributed by atoms with Crippen molar-refractivity contribution in [3.05, 3.63) is 59.8 Å². The second kappa shape index (κ2) is 13.4. The molecule has 36 heavy (non-hydrogen) atoms. The highest BCUT2D eigenvalue weighted by molar-refractivity contribution is 5.70. The molecule has 0 fully saturated rings. The summed E-state index contributed by atoms with van der Waals surface area (Å²) in [5, 5.41) is 21.2. The maximum Gasteiger partial charge on any atom is 0.309 e. The van der Waals surface area contributed by atoms with E-state index in [1.54, 1.807) is 32.3 Å². The number of carbonyl (C=O) groups excluding carboxylic acids is 2. The summed E-state index contributed by atoms with van der Waals surface area (Å²) in [6.07, 6.45) is 6.77. The van der Waals surface area contributed by atoms with Gasteiger partial charge in [-0.3, -0.25) is 9.59 Å². The van der Waals surface area contributed by atoms with Crippen LogP contribution < -0.4 is 4.74 Å². The minimum Gasteiger partial charge on any atom is -0.481 e. The number of methoxy groups -OCH3 is 1. The summed E-state index contributed by atoms with van der Waals surface area (Å²) in [5.41, 5.74) is 0.257. The van der Waals surface area contributed by atoms with Crippen LogP contribution in [-0.2, 0) is 19.1 Å². The second-order valence-electron chi connectivity index (χ2n) is 9.63. The van der Waals surface area contributed by atoms with Crippen LogP contribution in [0.5, 0.6) is 5.88 Å². The molecule has 1 aliphatic heterocycles. The highest BCUT2D eigenvalue weighted by Gasteiger charge is 2.35. The van der Waals surface area contributed by atoms with Gasteiger partial charge in [0.1, 0.15) is 17.8 Å². The Balaban J connectivity index is 2.29. The van der Waals surface area contributed by atoms with E-state index in [-0.39, 0.29) is 31.1 Å². The van der Waals surface area contributed by atoms with Gasteiger partial charge in [0, 0.05) is 24.8 Å². The summed E-state index contributed by atoms with van der Waals surface area (Å²) in [5.74, 6) is -0.749. The molecule has 198 valence electrons. The highest BCUT2D eigenvalue weighted by atomic mass is 16.6. The number of pyridine rings is 1. The summed E-state index contributed by atoms with van der Waals surface area (Å²) in [7, 11) is 1.58. The number of hydrogen-bond donors (Lipinski definition) is 2. The van der Waals surface area contributed by atoms with Crippen molar-refractivity contribution in [1.82, 2.24) is 4.98 Å². The van der Waals surface area contributed by atoms with Crippen LogP contribution in [0.2, 0.25) is 0 Å². The molecule has 0 bridgehead atoms. The Morgan fingerprint density at radius 1 is 1.31 bits per heavy atom. The van der Waals surface area contributed by atoms with Gasteiger partial charge in [-0.25, -0.2) is 4.98 Å². The van der Waals surface area contributed by atoms with Gasteiger partial charge in [0.2, 0.25) is 5.88 Å². The lowest BCUT2D eigenvalue weighted by atomic mass is 9.88. The van der Waals surface area contributed by atoms with E-state index in [0.717, 1.165) is 11.3 Å². The Bertz CT molecular complexity index is 982. The molecule has 0 saturated carbocycles. The zero-order valence-corrected chi connectivity index (χ0v) is 22.0. The lowest BCUT2D eigenvalue weighted by molar-refractivity contribution is -0.157. The first-order valence-corrected chi connectivity index (χ1v) is 12.2. The van der Waals surface area contributed by atoms with Crippen molar-refractivity contribution < 1.29 is 34.0 Å². The quantitative estimate of drug-likeness (QED) is 0.341.